The van der Waals surface area contributed by atoms with E-state index >= 15 is 0 Å². The number of alkyl halides is 2. The second kappa shape index (κ2) is 9.34. The molecule has 0 aliphatic heterocycles. The van der Waals surface area contributed by atoms with E-state index in [0.717, 1.165) is 31.9 Å². The lowest BCUT2D eigenvalue weighted by Crippen LogP contribution is -2.39. The SMILES string of the molecule is CCn1ncc2c(NCC3CCCCC3)c(C(=O)OC3=C(F)C(F)=C(F)C(C)(F)C3F)cnc21. The highest BCUT2D eigenvalue weighted by molar-refractivity contribution is 6.04. The number of esters is 1. The maximum atomic E-state index is 14.5. The third-order valence-electron chi connectivity index (χ3n) is 6.42. The summed E-state index contributed by atoms with van der Waals surface area (Å²) >= 11 is 0. The Morgan fingerprint density at radius 2 is 1.91 bits per heavy atom. The van der Waals surface area contributed by atoms with Crippen LogP contribution in [0.25, 0.3) is 11.0 Å². The number of ether oxygens (including phenoxy) is 1. The van der Waals surface area contributed by atoms with E-state index in [1.165, 1.54) is 12.6 Å². The molecule has 2 atom stereocenters. The first-order valence-corrected chi connectivity index (χ1v) is 11.3. The van der Waals surface area contributed by atoms with Gasteiger partial charge in [-0.15, -0.1) is 0 Å². The first-order chi connectivity index (χ1) is 16.2. The quantitative estimate of drug-likeness (QED) is 0.402. The molecule has 0 saturated heterocycles. The number of nitrogens with one attached hydrogen (secondary N) is 1. The lowest BCUT2D eigenvalue weighted by Gasteiger charge is -2.28. The Hall–Kier alpha value is -2.98. The van der Waals surface area contributed by atoms with Crippen molar-refractivity contribution in [2.75, 3.05) is 11.9 Å². The fourth-order valence-electron chi connectivity index (χ4n) is 4.38. The molecular weight excluding hydrogens is 459 g/mol. The van der Waals surface area contributed by atoms with E-state index in [9.17, 15) is 26.7 Å². The number of aromatic nitrogens is 3. The monoisotopic (exact) mass is 484 g/mol. The van der Waals surface area contributed by atoms with E-state index in [1.54, 1.807) is 4.68 Å². The van der Waals surface area contributed by atoms with Crippen molar-refractivity contribution in [3.63, 3.8) is 0 Å². The van der Waals surface area contributed by atoms with Crippen molar-refractivity contribution < 1.29 is 31.5 Å². The number of carbonyl (C=O) groups is 1. The summed E-state index contributed by atoms with van der Waals surface area (Å²) in [4.78, 5) is 17.2. The van der Waals surface area contributed by atoms with Crippen molar-refractivity contribution in [3.05, 3.63) is 41.2 Å². The van der Waals surface area contributed by atoms with Crippen LogP contribution in [0, 0.1) is 5.92 Å². The largest absolute Gasteiger partial charge is 0.421 e. The molecule has 2 aliphatic rings. The number of allylic oxidation sites excluding steroid dienone is 4. The summed E-state index contributed by atoms with van der Waals surface area (Å²) in [7, 11) is 0. The molecule has 184 valence electrons. The standard InChI is InChI=1S/C23H25F5N4O2/c1-3-32-21-13(11-31-32)17(29-9-12-7-5-4-6-8-12)14(10-30-21)22(33)34-18-15(24)16(25)19(26)23(2,28)20(18)27/h10-12,20H,3-9H2,1-2H3,(H,29,30). The first kappa shape index (κ1) is 24.2. The topological polar surface area (TPSA) is 69.0 Å². The summed E-state index contributed by atoms with van der Waals surface area (Å²) in [6, 6.07) is 0. The number of fused-ring (bicyclic) bond motifs is 1. The Balaban J connectivity index is 1.69. The van der Waals surface area contributed by atoms with Crippen LogP contribution in [0.1, 0.15) is 56.3 Å². The van der Waals surface area contributed by atoms with Gasteiger partial charge in [0.25, 0.3) is 0 Å². The van der Waals surface area contributed by atoms with Gasteiger partial charge in [0.15, 0.2) is 23.1 Å². The maximum absolute atomic E-state index is 14.5. The van der Waals surface area contributed by atoms with Crippen molar-refractivity contribution >= 4 is 22.7 Å². The van der Waals surface area contributed by atoms with Gasteiger partial charge in [-0.1, -0.05) is 19.3 Å². The molecule has 2 aromatic rings. The molecule has 2 aliphatic carbocycles. The van der Waals surface area contributed by atoms with Gasteiger partial charge in [0.05, 0.1) is 17.3 Å². The van der Waals surface area contributed by atoms with Crippen LogP contribution < -0.4 is 5.32 Å². The third-order valence-corrected chi connectivity index (χ3v) is 6.42. The Morgan fingerprint density at radius 1 is 1.21 bits per heavy atom. The molecule has 0 amide bonds. The van der Waals surface area contributed by atoms with Crippen LogP contribution in [0.5, 0.6) is 0 Å². The molecular formula is C23H25F5N4O2. The average Bonchev–Trinajstić information content (AvgIpc) is 3.27. The molecule has 34 heavy (non-hydrogen) atoms. The number of rotatable bonds is 6. The minimum Gasteiger partial charge on any atom is -0.421 e. The lowest BCUT2D eigenvalue weighted by molar-refractivity contribution is 0.0288. The van der Waals surface area contributed by atoms with Crippen LogP contribution in [0.3, 0.4) is 0 Å². The number of carbonyl (C=O) groups excluding carboxylic acids is 1. The van der Waals surface area contributed by atoms with Gasteiger partial charge >= 0.3 is 5.97 Å². The highest BCUT2D eigenvalue weighted by atomic mass is 19.2. The van der Waals surface area contributed by atoms with Gasteiger partial charge in [-0.2, -0.15) is 9.49 Å². The summed E-state index contributed by atoms with van der Waals surface area (Å²) in [5.74, 6) is -9.06. The normalized spacial score (nSPS) is 24.1. The number of anilines is 1. The summed E-state index contributed by atoms with van der Waals surface area (Å²) in [6.07, 6.45) is 4.99. The highest BCUT2D eigenvalue weighted by Crippen LogP contribution is 2.44. The van der Waals surface area contributed by atoms with Crippen LogP contribution in [-0.4, -0.2) is 39.1 Å². The van der Waals surface area contributed by atoms with E-state index in [-0.39, 0.29) is 11.3 Å². The van der Waals surface area contributed by atoms with Crippen molar-refractivity contribution in [3.8, 4) is 0 Å². The van der Waals surface area contributed by atoms with Gasteiger partial charge in [0.2, 0.25) is 17.7 Å². The zero-order chi connectivity index (χ0) is 24.6. The Bertz CT molecular complexity index is 1170. The number of hydrogen-bond donors (Lipinski definition) is 1. The van der Waals surface area contributed by atoms with E-state index in [2.05, 4.69) is 15.4 Å². The molecule has 1 saturated carbocycles. The van der Waals surface area contributed by atoms with Crippen molar-refractivity contribution in [1.82, 2.24) is 14.8 Å². The summed E-state index contributed by atoms with van der Waals surface area (Å²) < 4.78 is 77.0. The number of nitrogens with zero attached hydrogens (tertiary/aromatic N) is 3. The van der Waals surface area contributed by atoms with Crippen LogP contribution >= 0.6 is 0 Å². The zero-order valence-electron chi connectivity index (χ0n) is 18.8. The molecule has 6 nitrogen and oxygen atoms in total. The lowest BCUT2D eigenvalue weighted by atomic mass is 9.89. The van der Waals surface area contributed by atoms with Gasteiger partial charge in [-0.3, -0.25) is 0 Å². The zero-order valence-corrected chi connectivity index (χ0v) is 18.8. The molecule has 11 heteroatoms. The Labute approximate surface area is 192 Å². The van der Waals surface area contributed by atoms with Gasteiger partial charge in [0.1, 0.15) is 5.56 Å². The van der Waals surface area contributed by atoms with Crippen molar-refractivity contribution in [1.29, 1.82) is 0 Å². The minimum absolute atomic E-state index is 0.192. The van der Waals surface area contributed by atoms with E-state index in [1.807, 2.05) is 6.92 Å². The molecule has 2 unspecified atom stereocenters. The third kappa shape index (κ3) is 4.16. The molecule has 0 radical (unpaired) electrons. The summed E-state index contributed by atoms with van der Waals surface area (Å²) in [5, 5.41) is 7.93. The summed E-state index contributed by atoms with van der Waals surface area (Å²) in [6.45, 7) is 3.30. The smallest absolute Gasteiger partial charge is 0.347 e. The fraction of sp³-hybridized carbons (Fsp3) is 0.522. The van der Waals surface area contributed by atoms with Crippen LogP contribution in [0.4, 0.5) is 27.6 Å². The molecule has 2 heterocycles. The number of pyridine rings is 1. The predicted octanol–water partition coefficient (Wildman–Crippen LogP) is 6.01. The molecule has 2 aromatic heterocycles. The molecule has 1 N–H and O–H groups in total. The van der Waals surface area contributed by atoms with E-state index in [0.29, 0.717) is 37.0 Å². The molecule has 1 fully saturated rings. The predicted molar refractivity (Wildman–Crippen MR) is 115 cm³/mol. The summed E-state index contributed by atoms with van der Waals surface area (Å²) in [5.41, 5.74) is -2.95. The number of halogens is 5. The molecule has 4 rings (SSSR count). The average molecular weight is 484 g/mol. The Kier molecular flexibility index (Phi) is 6.64. The number of hydrogen-bond acceptors (Lipinski definition) is 5. The molecule has 0 spiro atoms. The molecule has 0 aromatic carbocycles. The molecule has 0 bridgehead atoms. The van der Waals surface area contributed by atoms with Gasteiger partial charge in [0, 0.05) is 19.3 Å². The van der Waals surface area contributed by atoms with Crippen molar-refractivity contribution in [2.45, 2.75) is 64.3 Å². The maximum Gasteiger partial charge on any atom is 0.347 e. The van der Waals surface area contributed by atoms with Crippen LogP contribution in [0.15, 0.2) is 35.6 Å². The highest BCUT2D eigenvalue weighted by Gasteiger charge is 2.51. The number of aryl methyl sites for hydroxylation is 1. The minimum atomic E-state index is -3.53. The van der Waals surface area contributed by atoms with E-state index in [4.69, 9.17) is 4.74 Å². The van der Waals surface area contributed by atoms with Crippen molar-refractivity contribution in [2.24, 2.45) is 5.92 Å². The van der Waals surface area contributed by atoms with Gasteiger partial charge < -0.3 is 10.1 Å². The Morgan fingerprint density at radius 3 is 2.59 bits per heavy atom. The second-order valence-electron chi connectivity index (χ2n) is 8.76. The second-order valence-corrected chi connectivity index (χ2v) is 8.76. The van der Waals surface area contributed by atoms with Gasteiger partial charge in [-0.25, -0.2) is 32.0 Å². The van der Waals surface area contributed by atoms with E-state index < -0.39 is 41.0 Å². The van der Waals surface area contributed by atoms with Crippen LogP contribution in [-0.2, 0) is 11.3 Å². The first-order valence-electron chi connectivity index (χ1n) is 11.3. The fourth-order valence-corrected chi connectivity index (χ4v) is 4.38. The van der Waals surface area contributed by atoms with Crippen LogP contribution in [0.2, 0.25) is 0 Å². The van der Waals surface area contributed by atoms with Gasteiger partial charge in [-0.05, 0) is 32.6 Å².